The first-order valence-corrected chi connectivity index (χ1v) is 7.85. The van der Waals surface area contributed by atoms with Crippen LogP contribution in [0.25, 0.3) is 0 Å². The molecule has 0 saturated heterocycles. The van der Waals surface area contributed by atoms with Crippen LogP contribution < -0.4 is 0 Å². The Morgan fingerprint density at radius 3 is 2.74 bits per heavy atom. The Labute approximate surface area is 137 Å². The molecule has 7 heteroatoms. The van der Waals surface area contributed by atoms with Crippen LogP contribution in [-0.2, 0) is 17.7 Å². The van der Waals surface area contributed by atoms with Gasteiger partial charge in [0.05, 0.1) is 12.3 Å². The summed E-state index contributed by atoms with van der Waals surface area (Å²) in [6.07, 6.45) is 1.20. The number of imidazole rings is 1. The van der Waals surface area contributed by atoms with Crippen LogP contribution in [0.5, 0.6) is 0 Å². The predicted octanol–water partition coefficient (Wildman–Crippen LogP) is 3.73. The van der Waals surface area contributed by atoms with E-state index >= 15 is 0 Å². The van der Waals surface area contributed by atoms with E-state index in [2.05, 4.69) is 4.98 Å². The molecule has 3 rings (SSSR count). The summed E-state index contributed by atoms with van der Waals surface area (Å²) < 4.78 is 34.1. The number of rotatable bonds is 4. The second-order valence-corrected chi connectivity index (χ2v) is 5.92. The van der Waals surface area contributed by atoms with Crippen molar-refractivity contribution in [3.8, 4) is 0 Å². The summed E-state index contributed by atoms with van der Waals surface area (Å²) in [6, 6.07) is 3.48. The minimum atomic E-state index is -0.602. The number of esters is 1. The molecule has 0 bridgehead atoms. The Hall–Kier alpha value is -2.02. The maximum Gasteiger partial charge on any atom is 0.356 e. The van der Waals surface area contributed by atoms with E-state index in [1.165, 1.54) is 12.1 Å². The molecule has 1 aliphatic rings. The fraction of sp³-hybridized carbons (Fsp3) is 0.375. The van der Waals surface area contributed by atoms with Crippen molar-refractivity contribution >= 4 is 18.2 Å². The minimum absolute atomic E-state index is 0.0384. The van der Waals surface area contributed by atoms with Crippen LogP contribution in [0, 0.1) is 16.4 Å². The van der Waals surface area contributed by atoms with Gasteiger partial charge in [-0.15, -0.1) is 0 Å². The Balaban J connectivity index is 1.94. The molecule has 0 aliphatic carbocycles. The van der Waals surface area contributed by atoms with Crippen LogP contribution in [0.1, 0.15) is 41.0 Å². The van der Waals surface area contributed by atoms with Gasteiger partial charge in [0, 0.05) is 18.5 Å². The minimum Gasteiger partial charge on any atom is -0.461 e. The number of benzene rings is 1. The third-order valence-electron chi connectivity index (χ3n) is 4.00. The molecule has 122 valence electrons. The number of nitrogens with zero attached hydrogens (tertiary/aromatic N) is 1. The molecule has 0 unspecified atom stereocenters. The summed E-state index contributed by atoms with van der Waals surface area (Å²) in [5.74, 6) is -1.70. The number of ether oxygens (including phenoxy) is 1. The molecule has 1 aliphatic heterocycles. The molecular formula is C16H16F2N2O2S. The molecule has 0 radical (unpaired) electrons. The van der Waals surface area contributed by atoms with Gasteiger partial charge in [-0.25, -0.2) is 13.6 Å². The van der Waals surface area contributed by atoms with Gasteiger partial charge < -0.3 is 14.3 Å². The number of nitrogens with one attached hydrogen (secondary N) is 1. The molecule has 1 aromatic carbocycles. The van der Waals surface area contributed by atoms with Gasteiger partial charge in [-0.05, 0) is 49.7 Å². The number of aromatic nitrogens is 2. The Morgan fingerprint density at radius 2 is 2.09 bits per heavy atom. The molecule has 0 saturated carbocycles. The first kappa shape index (κ1) is 15.9. The van der Waals surface area contributed by atoms with Crippen LogP contribution in [0.2, 0.25) is 0 Å². The average molecular weight is 338 g/mol. The van der Waals surface area contributed by atoms with Crippen molar-refractivity contribution in [3.05, 3.63) is 51.6 Å². The Morgan fingerprint density at radius 1 is 1.39 bits per heavy atom. The molecule has 0 amide bonds. The zero-order valence-corrected chi connectivity index (χ0v) is 13.4. The molecule has 1 N–H and O–H groups in total. The monoisotopic (exact) mass is 338 g/mol. The van der Waals surface area contributed by atoms with Crippen LogP contribution in [-0.4, -0.2) is 22.1 Å². The van der Waals surface area contributed by atoms with E-state index in [0.29, 0.717) is 29.0 Å². The van der Waals surface area contributed by atoms with Gasteiger partial charge in [-0.1, -0.05) is 0 Å². The number of aromatic amines is 1. The van der Waals surface area contributed by atoms with Crippen molar-refractivity contribution in [1.29, 1.82) is 0 Å². The zero-order chi connectivity index (χ0) is 16.6. The third kappa shape index (κ3) is 3.06. The molecule has 1 atom stereocenters. The summed E-state index contributed by atoms with van der Waals surface area (Å²) in [4.78, 5) is 15.0. The highest BCUT2D eigenvalue weighted by atomic mass is 32.1. The second kappa shape index (κ2) is 6.23. The van der Waals surface area contributed by atoms with Crippen LogP contribution in [0.4, 0.5) is 8.78 Å². The van der Waals surface area contributed by atoms with Crippen molar-refractivity contribution < 1.29 is 18.3 Å². The maximum absolute atomic E-state index is 13.4. The molecule has 1 aromatic heterocycles. The van der Waals surface area contributed by atoms with E-state index in [1.807, 2.05) is 4.57 Å². The lowest BCUT2D eigenvalue weighted by Gasteiger charge is -2.12. The van der Waals surface area contributed by atoms with Gasteiger partial charge in [0.2, 0.25) is 0 Å². The lowest BCUT2D eigenvalue weighted by Crippen LogP contribution is -2.11. The van der Waals surface area contributed by atoms with Crippen molar-refractivity contribution in [2.45, 2.75) is 32.2 Å². The maximum atomic E-state index is 13.4. The number of hydrogen-bond donors (Lipinski definition) is 1. The Kier molecular flexibility index (Phi) is 4.30. The van der Waals surface area contributed by atoms with E-state index in [9.17, 15) is 13.6 Å². The highest BCUT2D eigenvalue weighted by molar-refractivity contribution is 7.71. The van der Waals surface area contributed by atoms with Crippen molar-refractivity contribution in [2.24, 2.45) is 0 Å². The van der Waals surface area contributed by atoms with Gasteiger partial charge >= 0.3 is 5.97 Å². The zero-order valence-electron chi connectivity index (χ0n) is 12.6. The topological polar surface area (TPSA) is 47.0 Å². The summed E-state index contributed by atoms with van der Waals surface area (Å²) in [5.41, 5.74) is 1.66. The lowest BCUT2D eigenvalue weighted by molar-refractivity contribution is 0.0518. The highest BCUT2D eigenvalue weighted by Crippen LogP contribution is 2.34. The fourth-order valence-electron chi connectivity index (χ4n) is 3.12. The van der Waals surface area contributed by atoms with Gasteiger partial charge in [0.1, 0.15) is 17.3 Å². The van der Waals surface area contributed by atoms with Crippen LogP contribution >= 0.6 is 12.2 Å². The van der Waals surface area contributed by atoms with E-state index < -0.39 is 17.6 Å². The van der Waals surface area contributed by atoms with Crippen LogP contribution in [0.3, 0.4) is 0 Å². The molecular weight excluding hydrogens is 322 g/mol. The van der Waals surface area contributed by atoms with Gasteiger partial charge in [0.25, 0.3) is 0 Å². The fourth-order valence-corrected chi connectivity index (χ4v) is 3.41. The average Bonchev–Trinajstić information content (AvgIpc) is 3.01. The third-order valence-corrected chi connectivity index (χ3v) is 4.32. The van der Waals surface area contributed by atoms with Crippen LogP contribution in [0.15, 0.2) is 18.2 Å². The standard InChI is InChI=1S/C16H16F2N2O2S/c1-2-22-15(21)13-14-10(3-4-20(14)16(23)19-13)5-9-6-11(17)8-12(18)7-9/h6-8,10H,2-5H2,1H3,(H,19,23)/t10-/m1/s1. The number of carbonyl (C=O) groups excluding carboxylic acids is 1. The van der Waals surface area contributed by atoms with Gasteiger partial charge in [-0.3, -0.25) is 0 Å². The quantitative estimate of drug-likeness (QED) is 0.682. The van der Waals surface area contributed by atoms with E-state index in [4.69, 9.17) is 17.0 Å². The van der Waals surface area contributed by atoms with E-state index in [0.717, 1.165) is 18.2 Å². The SMILES string of the molecule is CCOC(=O)c1[nH]c(=S)n2c1[C@@H](Cc1cc(F)cc(F)c1)CC2. The summed E-state index contributed by atoms with van der Waals surface area (Å²) >= 11 is 5.24. The van der Waals surface area contributed by atoms with E-state index in [-0.39, 0.29) is 12.5 Å². The lowest BCUT2D eigenvalue weighted by atomic mass is 9.94. The second-order valence-electron chi connectivity index (χ2n) is 5.53. The molecule has 2 aromatic rings. The normalized spacial score (nSPS) is 16.4. The van der Waals surface area contributed by atoms with Crippen molar-refractivity contribution in [1.82, 2.24) is 9.55 Å². The van der Waals surface area contributed by atoms with Gasteiger partial charge in [-0.2, -0.15) is 0 Å². The molecule has 4 nitrogen and oxygen atoms in total. The largest absolute Gasteiger partial charge is 0.461 e. The number of fused-ring (bicyclic) bond motifs is 1. The number of H-pyrrole nitrogens is 1. The number of carbonyl (C=O) groups is 1. The van der Waals surface area contributed by atoms with E-state index in [1.54, 1.807) is 6.92 Å². The number of hydrogen-bond acceptors (Lipinski definition) is 3. The predicted molar refractivity (Wildman–Crippen MR) is 83.0 cm³/mol. The molecule has 0 spiro atoms. The molecule has 2 heterocycles. The molecule has 0 fully saturated rings. The Bertz CT molecular complexity index is 793. The first-order chi connectivity index (χ1) is 11.0. The van der Waals surface area contributed by atoms with Gasteiger partial charge in [0.15, 0.2) is 4.77 Å². The summed E-state index contributed by atoms with van der Waals surface area (Å²) in [6.45, 7) is 2.67. The van der Waals surface area contributed by atoms with Crippen molar-refractivity contribution in [3.63, 3.8) is 0 Å². The molecule has 23 heavy (non-hydrogen) atoms. The number of halogens is 2. The highest BCUT2D eigenvalue weighted by Gasteiger charge is 2.31. The van der Waals surface area contributed by atoms with Crippen molar-refractivity contribution in [2.75, 3.05) is 6.61 Å². The summed E-state index contributed by atoms with van der Waals surface area (Å²) in [5, 5.41) is 0. The first-order valence-electron chi connectivity index (χ1n) is 7.44. The smallest absolute Gasteiger partial charge is 0.356 e. The summed E-state index contributed by atoms with van der Waals surface area (Å²) in [7, 11) is 0.